The minimum absolute atomic E-state index is 0.0124. The molecule has 0 radical (unpaired) electrons. The third-order valence-electron chi connectivity index (χ3n) is 5.69. The van der Waals surface area contributed by atoms with Gasteiger partial charge in [0.15, 0.2) is 0 Å². The van der Waals surface area contributed by atoms with Crippen molar-refractivity contribution < 1.29 is 9.84 Å². The summed E-state index contributed by atoms with van der Waals surface area (Å²) in [6, 6.07) is 27.4. The molecule has 0 saturated carbocycles. The molecule has 0 heterocycles. The van der Waals surface area contributed by atoms with Crippen LogP contribution in [0.15, 0.2) is 87.8 Å². The molecule has 154 valence electrons. The number of ether oxygens (including phenoxy) is 1. The lowest BCUT2D eigenvalue weighted by atomic mass is 9.93. The largest absolute Gasteiger partial charge is 0.491 e. The third kappa shape index (κ3) is 3.84. The van der Waals surface area contributed by atoms with E-state index >= 15 is 0 Å². The Morgan fingerprint density at radius 1 is 0.774 bits per heavy atom. The van der Waals surface area contributed by atoms with Crippen LogP contribution in [0.25, 0.3) is 33.4 Å². The van der Waals surface area contributed by atoms with Crippen molar-refractivity contribution in [2.24, 2.45) is 0 Å². The molecule has 0 aliphatic heterocycles. The van der Waals surface area contributed by atoms with Gasteiger partial charge in [-0.1, -0.05) is 80.4 Å². The SMILES string of the molecule is OCCOc1ccc(-c2c(Br)ccc3c2Cc2cc(Br)ccc2-3)cc1-c1ccccc1. The lowest BCUT2D eigenvalue weighted by molar-refractivity contribution is 0.202. The summed E-state index contributed by atoms with van der Waals surface area (Å²) in [7, 11) is 0. The summed E-state index contributed by atoms with van der Waals surface area (Å²) >= 11 is 7.42. The zero-order chi connectivity index (χ0) is 21.4. The Morgan fingerprint density at radius 3 is 2.39 bits per heavy atom. The summed E-state index contributed by atoms with van der Waals surface area (Å²) in [5, 5.41) is 9.23. The van der Waals surface area contributed by atoms with Gasteiger partial charge in [-0.15, -0.1) is 0 Å². The van der Waals surface area contributed by atoms with Gasteiger partial charge in [0.05, 0.1) is 6.61 Å². The summed E-state index contributed by atoms with van der Waals surface area (Å²) in [4.78, 5) is 0. The number of rotatable bonds is 5. The highest BCUT2D eigenvalue weighted by Gasteiger charge is 2.24. The van der Waals surface area contributed by atoms with Crippen LogP contribution in [0.3, 0.4) is 0 Å². The standard InChI is InChI=1S/C27H20Br2O2/c28-20-7-8-21-19(14-20)16-24-22(21)9-10-25(29)27(24)18-6-11-26(31-13-12-30)23(15-18)17-4-2-1-3-5-17/h1-11,14-15,30H,12-13,16H2. The van der Waals surface area contributed by atoms with Gasteiger partial charge >= 0.3 is 0 Å². The molecule has 31 heavy (non-hydrogen) atoms. The van der Waals surface area contributed by atoms with E-state index in [1.165, 1.54) is 27.8 Å². The minimum atomic E-state index is -0.0124. The van der Waals surface area contributed by atoms with Crippen LogP contribution >= 0.6 is 31.9 Å². The summed E-state index contributed by atoms with van der Waals surface area (Å²) in [5.74, 6) is 0.778. The zero-order valence-electron chi connectivity index (χ0n) is 16.7. The second kappa shape index (κ2) is 8.62. The van der Waals surface area contributed by atoms with E-state index in [0.717, 1.165) is 37.8 Å². The first kappa shape index (κ1) is 20.5. The van der Waals surface area contributed by atoms with Gasteiger partial charge in [-0.05, 0) is 70.1 Å². The van der Waals surface area contributed by atoms with Gasteiger partial charge in [0.1, 0.15) is 12.4 Å². The molecular formula is C27H20Br2O2. The molecule has 0 aromatic heterocycles. The molecule has 2 nitrogen and oxygen atoms in total. The summed E-state index contributed by atoms with van der Waals surface area (Å²) < 4.78 is 8.04. The molecule has 0 bridgehead atoms. The second-order valence-corrected chi connectivity index (χ2v) is 9.35. The molecule has 0 amide bonds. The van der Waals surface area contributed by atoms with Crippen molar-refractivity contribution in [3.63, 3.8) is 0 Å². The van der Waals surface area contributed by atoms with E-state index in [4.69, 9.17) is 4.74 Å². The molecule has 1 aliphatic carbocycles. The van der Waals surface area contributed by atoms with E-state index in [1.54, 1.807) is 0 Å². The first-order valence-corrected chi connectivity index (χ1v) is 11.8. The summed E-state index contributed by atoms with van der Waals surface area (Å²) in [5.41, 5.74) is 9.75. The molecule has 0 atom stereocenters. The van der Waals surface area contributed by atoms with Crippen LogP contribution in [0.2, 0.25) is 0 Å². The molecule has 0 saturated heterocycles. The third-order valence-corrected chi connectivity index (χ3v) is 6.84. The van der Waals surface area contributed by atoms with Crippen molar-refractivity contribution >= 4 is 31.9 Å². The number of benzene rings is 4. The number of hydrogen-bond donors (Lipinski definition) is 1. The maximum absolute atomic E-state index is 9.23. The molecule has 4 aromatic carbocycles. The van der Waals surface area contributed by atoms with Crippen molar-refractivity contribution in [1.82, 2.24) is 0 Å². The van der Waals surface area contributed by atoms with Gasteiger partial charge in [-0.3, -0.25) is 0 Å². The lowest BCUT2D eigenvalue weighted by Gasteiger charge is -2.16. The number of hydrogen-bond acceptors (Lipinski definition) is 2. The monoisotopic (exact) mass is 534 g/mol. The average Bonchev–Trinajstić information content (AvgIpc) is 3.15. The molecule has 0 fully saturated rings. The van der Waals surface area contributed by atoms with Gasteiger partial charge in [0.25, 0.3) is 0 Å². The number of halogens is 2. The molecule has 4 heteroatoms. The van der Waals surface area contributed by atoms with Crippen LogP contribution in [0.1, 0.15) is 11.1 Å². The highest BCUT2D eigenvalue weighted by Crippen LogP contribution is 2.46. The van der Waals surface area contributed by atoms with Crippen LogP contribution in [-0.4, -0.2) is 18.3 Å². The quantitative estimate of drug-likeness (QED) is 0.252. The highest BCUT2D eigenvalue weighted by molar-refractivity contribution is 9.10. The van der Waals surface area contributed by atoms with Gasteiger partial charge in [-0.25, -0.2) is 0 Å². The van der Waals surface area contributed by atoms with E-state index < -0.39 is 0 Å². The van der Waals surface area contributed by atoms with E-state index in [2.05, 4.69) is 86.5 Å². The molecule has 4 aromatic rings. The minimum Gasteiger partial charge on any atom is -0.491 e. The lowest BCUT2D eigenvalue weighted by Crippen LogP contribution is -2.03. The van der Waals surface area contributed by atoms with E-state index in [1.807, 2.05) is 24.3 Å². The molecule has 1 aliphatic rings. The Hall–Kier alpha value is -2.40. The van der Waals surface area contributed by atoms with Crippen molar-refractivity contribution in [1.29, 1.82) is 0 Å². The van der Waals surface area contributed by atoms with Crippen LogP contribution in [0.5, 0.6) is 5.75 Å². The van der Waals surface area contributed by atoms with Crippen LogP contribution in [0, 0.1) is 0 Å². The fraction of sp³-hybridized carbons (Fsp3) is 0.111. The van der Waals surface area contributed by atoms with Gasteiger partial charge in [0.2, 0.25) is 0 Å². The van der Waals surface area contributed by atoms with Crippen molar-refractivity contribution in [3.8, 4) is 39.1 Å². The predicted molar refractivity (Wildman–Crippen MR) is 134 cm³/mol. The highest BCUT2D eigenvalue weighted by atomic mass is 79.9. The van der Waals surface area contributed by atoms with Gasteiger partial charge < -0.3 is 9.84 Å². The first-order chi connectivity index (χ1) is 15.2. The van der Waals surface area contributed by atoms with E-state index in [9.17, 15) is 5.11 Å². The van der Waals surface area contributed by atoms with Crippen LogP contribution < -0.4 is 4.74 Å². The Kier molecular flexibility index (Phi) is 5.70. The topological polar surface area (TPSA) is 29.5 Å². The van der Waals surface area contributed by atoms with Crippen molar-refractivity contribution in [3.05, 3.63) is 98.9 Å². The molecule has 0 spiro atoms. The first-order valence-electron chi connectivity index (χ1n) is 10.2. The predicted octanol–water partition coefficient (Wildman–Crippen LogP) is 7.49. The zero-order valence-corrected chi connectivity index (χ0v) is 19.9. The van der Waals surface area contributed by atoms with E-state index in [0.29, 0.717) is 0 Å². The maximum Gasteiger partial charge on any atom is 0.127 e. The summed E-state index contributed by atoms with van der Waals surface area (Å²) in [6.07, 6.45) is 0.905. The van der Waals surface area contributed by atoms with Crippen molar-refractivity contribution in [2.45, 2.75) is 6.42 Å². The molecule has 0 unspecified atom stereocenters. The van der Waals surface area contributed by atoms with Gasteiger partial charge in [0, 0.05) is 20.1 Å². The van der Waals surface area contributed by atoms with Crippen LogP contribution in [0.4, 0.5) is 0 Å². The van der Waals surface area contributed by atoms with Crippen molar-refractivity contribution in [2.75, 3.05) is 13.2 Å². The Morgan fingerprint density at radius 2 is 1.58 bits per heavy atom. The normalized spacial score (nSPS) is 11.8. The van der Waals surface area contributed by atoms with Gasteiger partial charge in [-0.2, -0.15) is 0 Å². The number of fused-ring (bicyclic) bond motifs is 3. The van der Waals surface area contributed by atoms with E-state index in [-0.39, 0.29) is 13.2 Å². The Bertz CT molecular complexity index is 1270. The molecule has 5 rings (SSSR count). The average molecular weight is 536 g/mol. The Labute approximate surface area is 198 Å². The van der Waals surface area contributed by atoms with Crippen LogP contribution in [-0.2, 0) is 6.42 Å². The summed E-state index contributed by atoms with van der Waals surface area (Å²) in [6.45, 7) is 0.259. The molecular weight excluding hydrogens is 516 g/mol. The fourth-order valence-corrected chi connectivity index (χ4v) is 5.35. The fourth-order valence-electron chi connectivity index (χ4n) is 4.34. The number of aliphatic hydroxyl groups is 1. The molecule has 1 N–H and O–H groups in total. The smallest absolute Gasteiger partial charge is 0.127 e. The Balaban J connectivity index is 1.67. The number of aliphatic hydroxyl groups excluding tert-OH is 1. The maximum atomic E-state index is 9.23. The second-order valence-electron chi connectivity index (χ2n) is 7.58.